The molecule has 0 spiro atoms. The summed E-state index contributed by atoms with van der Waals surface area (Å²) in [5.41, 5.74) is -0.205. The number of hydrogen-bond acceptors (Lipinski definition) is 3. The van der Waals surface area contributed by atoms with Crippen molar-refractivity contribution in [3.8, 4) is 0 Å². The Bertz CT molecular complexity index is 395. The first kappa shape index (κ1) is 15.1. The number of thioether (sulfide) groups is 1. The van der Waals surface area contributed by atoms with Gasteiger partial charge in [-0.15, -0.1) is 11.8 Å². The van der Waals surface area contributed by atoms with Crippen molar-refractivity contribution in [3.05, 3.63) is 29.8 Å². The third kappa shape index (κ3) is 4.35. The van der Waals surface area contributed by atoms with Crippen LogP contribution in [0.5, 0.6) is 0 Å². The maximum absolute atomic E-state index is 12.3. The Kier molecular flexibility index (Phi) is 5.23. The van der Waals surface area contributed by atoms with E-state index in [0.717, 1.165) is 4.90 Å². The number of hydrogen-bond donors (Lipinski definition) is 1. The second kappa shape index (κ2) is 6.25. The third-order valence-corrected chi connectivity index (χ3v) is 3.33. The lowest BCUT2D eigenvalue weighted by Gasteiger charge is -2.28. The molecule has 4 heteroatoms. The van der Waals surface area contributed by atoms with E-state index in [-0.39, 0.29) is 5.91 Å². The average molecular weight is 267 g/mol. The summed E-state index contributed by atoms with van der Waals surface area (Å²) >= 11 is 1.65. The van der Waals surface area contributed by atoms with Gasteiger partial charge in [-0.25, -0.2) is 0 Å². The minimum atomic E-state index is -0.870. The number of aliphatic hydroxyl groups is 1. The highest BCUT2D eigenvalue weighted by molar-refractivity contribution is 7.98. The molecule has 1 aromatic rings. The summed E-state index contributed by atoms with van der Waals surface area (Å²) in [5.74, 6) is -0.0349. The lowest BCUT2D eigenvalue weighted by atomic mass is 10.1. The van der Waals surface area contributed by atoms with E-state index in [1.54, 1.807) is 30.5 Å². The average Bonchev–Trinajstić information content (AvgIpc) is 2.34. The molecule has 0 aliphatic rings. The fraction of sp³-hybridized carbons (Fsp3) is 0.500. The molecule has 0 aromatic heterocycles. The quantitative estimate of drug-likeness (QED) is 0.834. The first-order chi connectivity index (χ1) is 8.37. The van der Waals surface area contributed by atoms with E-state index in [9.17, 15) is 9.90 Å². The van der Waals surface area contributed by atoms with E-state index >= 15 is 0 Å². The van der Waals surface area contributed by atoms with Crippen LogP contribution in [0.3, 0.4) is 0 Å². The molecule has 1 amide bonds. The number of carbonyl (C=O) groups excluding carboxylic acids is 1. The molecule has 0 fully saturated rings. The van der Waals surface area contributed by atoms with Crippen LogP contribution in [0.2, 0.25) is 0 Å². The predicted octanol–water partition coefficient (Wildman–Crippen LogP) is 2.64. The second-order valence-corrected chi connectivity index (χ2v) is 5.74. The SMILES string of the molecule is CCN(CC(C)(C)O)C(=O)c1ccc(SC)cc1. The fourth-order valence-corrected chi connectivity index (χ4v) is 2.12. The monoisotopic (exact) mass is 267 g/mol. The van der Waals surface area contributed by atoms with E-state index in [2.05, 4.69) is 0 Å². The minimum absolute atomic E-state index is 0.0349. The van der Waals surface area contributed by atoms with Gasteiger partial charge in [-0.2, -0.15) is 0 Å². The van der Waals surface area contributed by atoms with Gasteiger partial charge in [0.2, 0.25) is 0 Å². The summed E-state index contributed by atoms with van der Waals surface area (Å²) in [6, 6.07) is 7.55. The van der Waals surface area contributed by atoms with Crippen molar-refractivity contribution < 1.29 is 9.90 Å². The molecule has 100 valence electrons. The second-order valence-electron chi connectivity index (χ2n) is 4.86. The molecule has 1 rings (SSSR count). The van der Waals surface area contributed by atoms with Gasteiger partial charge < -0.3 is 10.0 Å². The molecule has 0 bridgehead atoms. The van der Waals surface area contributed by atoms with Gasteiger partial charge in [-0.3, -0.25) is 4.79 Å². The standard InChI is InChI=1S/C14H21NO2S/c1-5-15(10-14(2,3)17)13(16)11-6-8-12(18-4)9-7-11/h6-9,17H,5,10H2,1-4H3. The summed E-state index contributed by atoms with van der Waals surface area (Å²) in [5, 5.41) is 9.80. The molecule has 3 nitrogen and oxygen atoms in total. The van der Waals surface area contributed by atoms with Gasteiger partial charge in [-0.05, 0) is 51.3 Å². The summed E-state index contributed by atoms with van der Waals surface area (Å²) in [6.45, 7) is 6.26. The van der Waals surface area contributed by atoms with Gasteiger partial charge in [0.1, 0.15) is 0 Å². The molecule has 0 heterocycles. The van der Waals surface area contributed by atoms with Crippen LogP contribution < -0.4 is 0 Å². The van der Waals surface area contributed by atoms with Gasteiger partial charge in [0.05, 0.1) is 5.60 Å². The van der Waals surface area contributed by atoms with Crippen molar-refractivity contribution in [1.82, 2.24) is 4.90 Å². The smallest absolute Gasteiger partial charge is 0.253 e. The molecule has 1 aromatic carbocycles. The van der Waals surface area contributed by atoms with Crippen molar-refractivity contribution in [3.63, 3.8) is 0 Å². The number of rotatable bonds is 5. The number of amides is 1. The molecule has 0 atom stereocenters. The molecular weight excluding hydrogens is 246 g/mol. The van der Waals surface area contributed by atoms with Crippen LogP contribution in [0.1, 0.15) is 31.1 Å². The third-order valence-electron chi connectivity index (χ3n) is 2.58. The largest absolute Gasteiger partial charge is 0.389 e. The molecule has 1 N–H and O–H groups in total. The van der Waals surface area contributed by atoms with Gasteiger partial charge in [0, 0.05) is 23.5 Å². The summed E-state index contributed by atoms with van der Waals surface area (Å²) in [6.07, 6.45) is 2.00. The van der Waals surface area contributed by atoms with Crippen LogP contribution >= 0.6 is 11.8 Å². The number of carbonyl (C=O) groups is 1. The van der Waals surface area contributed by atoms with Crippen molar-refractivity contribution in [2.45, 2.75) is 31.3 Å². The van der Waals surface area contributed by atoms with E-state index in [1.807, 2.05) is 37.4 Å². The van der Waals surface area contributed by atoms with Gasteiger partial charge in [0.15, 0.2) is 0 Å². The lowest BCUT2D eigenvalue weighted by molar-refractivity contribution is 0.0314. The molecule has 18 heavy (non-hydrogen) atoms. The van der Waals surface area contributed by atoms with Crippen LogP contribution in [-0.2, 0) is 0 Å². The zero-order valence-corrected chi connectivity index (χ0v) is 12.3. The first-order valence-electron chi connectivity index (χ1n) is 6.03. The molecule has 0 radical (unpaired) electrons. The van der Waals surface area contributed by atoms with E-state index in [0.29, 0.717) is 18.7 Å². The van der Waals surface area contributed by atoms with Crippen LogP contribution in [-0.4, -0.2) is 40.9 Å². The summed E-state index contributed by atoms with van der Waals surface area (Å²) in [4.78, 5) is 15.1. The highest BCUT2D eigenvalue weighted by Gasteiger charge is 2.22. The summed E-state index contributed by atoms with van der Waals surface area (Å²) < 4.78 is 0. The van der Waals surface area contributed by atoms with Crippen LogP contribution in [0, 0.1) is 0 Å². The maximum atomic E-state index is 12.3. The van der Waals surface area contributed by atoms with Gasteiger partial charge in [-0.1, -0.05) is 0 Å². The van der Waals surface area contributed by atoms with Crippen LogP contribution in [0.25, 0.3) is 0 Å². The highest BCUT2D eigenvalue weighted by Crippen LogP contribution is 2.16. The van der Waals surface area contributed by atoms with Crippen molar-refractivity contribution in [2.75, 3.05) is 19.3 Å². The zero-order valence-electron chi connectivity index (χ0n) is 11.4. The maximum Gasteiger partial charge on any atom is 0.253 e. The predicted molar refractivity (Wildman–Crippen MR) is 76.1 cm³/mol. The number of likely N-dealkylation sites (N-methyl/N-ethyl adjacent to an activating group) is 1. The van der Waals surface area contributed by atoms with E-state index in [4.69, 9.17) is 0 Å². The topological polar surface area (TPSA) is 40.5 Å². The first-order valence-corrected chi connectivity index (χ1v) is 7.25. The van der Waals surface area contributed by atoms with Crippen molar-refractivity contribution >= 4 is 17.7 Å². The Morgan fingerprint density at radius 2 is 1.89 bits per heavy atom. The van der Waals surface area contributed by atoms with Crippen LogP contribution in [0.15, 0.2) is 29.2 Å². The van der Waals surface area contributed by atoms with Gasteiger partial charge >= 0.3 is 0 Å². The summed E-state index contributed by atoms with van der Waals surface area (Å²) in [7, 11) is 0. The Labute approximate surface area is 113 Å². The van der Waals surface area contributed by atoms with E-state index < -0.39 is 5.60 Å². The number of nitrogens with zero attached hydrogens (tertiary/aromatic N) is 1. The normalized spacial score (nSPS) is 11.4. The Morgan fingerprint density at radius 1 is 1.33 bits per heavy atom. The Hall–Kier alpha value is -1.00. The van der Waals surface area contributed by atoms with Crippen LogP contribution in [0.4, 0.5) is 0 Å². The minimum Gasteiger partial charge on any atom is -0.389 e. The highest BCUT2D eigenvalue weighted by atomic mass is 32.2. The molecular formula is C14H21NO2S. The Balaban J connectivity index is 2.82. The molecule has 0 saturated carbocycles. The molecule has 0 aliphatic heterocycles. The molecule has 0 aliphatic carbocycles. The molecule has 0 unspecified atom stereocenters. The Morgan fingerprint density at radius 3 is 2.28 bits per heavy atom. The number of benzene rings is 1. The van der Waals surface area contributed by atoms with Gasteiger partial charge in [0.25, 0.3) is 5.91 Å². The molecule has 0 saturated heterocycles. The van der Waals surface area contributed by atoms with Crippen molar-refractivity contribution in [1.29, 1.82) is 0 Å². The fourth-order valence-electron chi connectivity index (χ4n) is 1.71. The van der Waals surface area contributed by atoms with Crippen molar-refractivity contribution in [2.24, 2.45) is 0 Å². The lowest BCUT2D eigenvalue weighted by Crippen LogP contribution is -2.42. The van der Waals surface area contributed by atoms with E-state index in [1.165, 1.54) is 0 Å². The zero-order chi connectivity index (χ0) is 13.8.